The van der Waals surface area contributed by atoms with Crippen molar-refractivity contribution in [2.75, 3.05) is 31.6 Å². The quantitative estimate of drug-likeness (QED) is 0.557. The Bertz CT molecular complexity index is 1180. The van der Waals surface area contributed by atoms with Crippen molar-refractivity contribution in [2.24, 2.45) is 5.92 Å². The van der Waals surface area contributed by atoms with E-state index >= 15 is 0 Å². The molecule has 1 aromatic heterocycles. The Kier molecular flexibility index (Phi) is 6.77. The summed E-state index contributed by atoms with van der Waals surface area (Å²) in [6, 6.07) is 23.6. The van der Waals surface area contributed by atoms with Crippen LogP contribution in [0.3, 0.4) is 0 Å². The summed E-state index contributed by atoms with van der Waals surface area (Å²) in [6.07, 6.45) is 3.37. The van der Waals surface area contributed by atoms with E-state index in [0.717, 1.165) is 44.6 Å². The maximum absolute atomic E-state index is 13.2. The van der Waals surface area contributed by atoms with E-state index in [0.29, 0.717) is 29.8 Å². The summed E-state index contributed by atoms with van der Waals surface area (Å²) in [5.41, 5.74) is 2.69. The second-order valence-electron chi connectivity index (χ2n) is 9.38. The van der Waals surface area contributed by atoms with Crippen molar-refractivity contribution < 1.29 is 9.53 Å². The molecule has 2 aliphatic heterocycles. The molecule has 0 unspecified atom stereocenters. The van der Waals surface area contributed by atoms with Gasteiger partial charge >= 0.3 is 0 Å². The molecule has 2 aromatic carbocycles. The minimum absolute atomic E-state index is 0.113. The molecule has 176 valence electrons. The first kappa shape index (κ1) is 22.4. The lowest BCUT2D eigenvalue weighted by molar-refractivity contribution is -0.118. The SMILES string of the molecule is O=C(COc1ccccc1)Nc1ccc2n(c1=O)C[C@@H]1C[C@@H]2CN(CCCc2ccccc2)C1. The molecule has 1 saturated heterocycles. The predicted octanol–water partition coefficient (Wildman–Crippen LogP) is 3.92. The molecule has 3 heterocycles. The average Bonchev–Trinajstić information content (AvgIpc) is 2.86. The highest BCUT2D eigenvalue weighted by molar-refractivity contribution is 5.91. The van der Waals surface area contributed by atoms with Crippen molar-refractivity contribution in [3.05, 3.63) is 94.4 Å². The molecule has 6 nitrogen and oxygen atoms in total. The topological polar surface area (TPSA) is 63.6 Å². The van der Waals surface area contributed by atoms with Crippen LogP contribution in [0.5, 0.6) is 5.75 Å². The molecular weight excluding hydrogens is 426 g/mol. The van der Waals surface area contributed by atoms with E-state index in [-0.39, 0.29) is 18.1 Å². The van der Waals surface area contributed by atoms with Gasteiger partial charge in [0.15, 0.2) is 6.61 Å². The fourth-order valence-electron chi connectivity index (χ4n) is 5.33. The fraction of sp³-hybridized carbons (Fsp3) is 0.357. The predicted molar refractivity (Wildman–Crippen MR) is 133 cm³/mol. The van der Waals surface area contributed by atoms with Crippen LogP contribution in [0.4, 0.5) is 5.69 Å². The Morgan fingerprint density at radius 2 is 1.71 bits per heavy atom. The van der Waals surface area contributed by atoms with Gasteiger partial charge in [-0.05, 0) is 61.6 Å². The summed E-state index contributed by atoms with van der Waals surface area (Å²) in [5.74, 6) is 1.12. The minimum Gasteiger partial charge on any atom is -0.484 e. The van der Waals surface area contributed by atoms with E-state index < -0.39 is 0 Å². The van der Waals surface area contributed by atoms with Gasteiger partial charge in [0, 0.05) is 31.2 Å². The summed E-state index contributed by atoms with van der Waals surface area (Å²) >= 11 is 0. The van der Waals surface area contributed by atoms with E-state index in [1.807, 2.05) is 28.8 Å². The van der Waals surface area contributed by atoms with Gasteiger partial charge in [0.05, 0.1) is 0 Å². The number of carbonyl (C=O) groups excluding carboxylic acids is 1. The van der Waals surface area contributed by atoms with Gasteiger partial charge in [-0.2, -0.15) is 0 Å². The zero-order valence-electron chi connectivity index (χ0n) is 19.4. The number of para-hydroxylation sites is 1. The van der Waals surface area contributed by atoms with Crippen LogP contribution in [0.15, 0.2) is 77.6 Å². The summed E-state index contributed by atoms with van der Waals surface area (Å²) < 4.78 is 7.38. The Morgan fingerprint density at radius 1 is 0.941 bits per heavy atom. The first-order chi connectivity index (χ1) is 16.7. The third kappa shape index (κ3) is 5.23. The molecule has 5 rings (SSSR count). The van der Waals surface area contributed by atoms with Gasteiger partial charge in [0.2, 0.25) is 0 Å². The van der Waals surface area contributed by atoms with Gasteiger partial charge in [-0.1, -0.05) is 48.5 Å². The highest BCUT2D eigenvalue weighted by Crippen LogP contribution is 2.35. The van der Waals surface area contributed by atoms with Gasteiger partial charge in [0.25, 0.3) is 11.5 Å². The van der Waals surface area contributed by atoms with Gasteiger partial charge in [-0.3, -0.25) is 9.59 Å². The van der Waals surface area contributed by atoms with Crippen molar-refractivity contribution in [1.82, 2.24) is 9.47 Å². The molecule has 3 aromatic rings. The lowest BCUT2D eigenvalue weighted by Crippen LogP contribution is -2.47. The number of nitrogens with zero attached hydrogens (tertiary/aromatic N) is 2. The molecule has 34 heavy (non-hydrogen) atoms. The zero-order chi connectivity index (χ0) is 23.3. The number of fused-ring (bicyclic) bond motifs is 4. The van der Waals surface area contributed by atoms with Crippen molar-refractivity contribution in [2.45, 2.75) is 31.7 Å². The van der Waals surface area contributed by atoms with Crippen LogP contribution in [-0.4, -0.2) is 41.6 Å². The molecule has 0 spiro atoms. The molecule has 0 saturated carbocycles. The second kappa shape index (κ2) is 10.3. The smallest absolute Gasteiger partial charge is 0.274 e. The van der Waals surface area contributed by atoms with Gasteiger partial charge < -0.3 is 19.5 Å². The Balaban J connectivity index is 1.19. The first-order valence-corrected chi connectivity index (χ1v) is 12.1. The van der Waals surface area contributed by atoms with Crippen LogP contribution in [0, 0.1) is 5.92 Å². The molecular formula is C28H31N3O3. The van der Waals surface area contributed by atoms with Crippen LogP contribution < -0.4 is 15.6 Å². The summed E-state index contributed by atoms with van der Waals surface area (Å²) in [5, 5.41) is 2.74. The lowest BCUT2D eigenvalue weighted by Gasteiger charge is -2.43. The number of hydrogen-bond donors (Lipinski definition) is 1. The van der Waals surface area contributed by atoms with Crippen molar-refractivity contribution in [3.63, 3.8) is 0 Å². The van der Waals surface area contributed by atoms with Crippen LogP contribution in [0.1, 0.15) is 30.0 Å². The monoisotopic (exact) mass is 457 g/mol. The van der Waals surface area contributed by atoms with Gasteiger partial charge in [-0.25, -0.2) is 0 Å². The second-order valence-corrected chi connectivity index (χ2v) is 9.38. The maximum atomic E-state index is 13.2. The van der Waals surface area contributed by atoms with E-state index in [2.05, 4.69) is 40.5 Å². The van der Waals surface area contributed by atoms with Crippen LogP contribution in [-0.2, 0) is 17.8 Å². The highest BCUT2D eigenvalue weighted by Gasteiger charge is 2.34. The number of aryl methyl sites for hydroxylation is 1. The average molecular weight is 458 g/mol. The molecule has 1 fully saturated rings. The number of rotatable bonds is 8. The molecule has 2 atom stereocenters. The van der Waals surface area contributed by atoms with Crippen molar-refractivity contribution >= 4 is 11.6 Å². The summed E-state index contributed by atoms with van der Waals surface area (Å²) in [6.45, 7) is 3.68. The van der Waals surface area contributed by atoms with Crippen LogP contribution in [0.25, 0.3) is 0 Å². The third-order valence-electron chi connectivity index (χ3n) is 6.85. The Morgan fingerprint density at radius 3 is 2.50 bits per heavy atom. The number of benzene rings is 2. The van der Waals surface area contributed by atoms with E-state index in [9.17, 15) is 9.59 Å². The first-order valence-electron chi connectivity index (χ1n) is 12.1. The Hall–Kier alpha value is -3.38. The van der Waals surface area contributed by atoms with Crippen LogP contribution >= 0.6 is 0 Å². The summed E-state index contributed by atoms with van der Waals surface area (Å²) in [7, 11) is 0. The molecule has 0 radical (unpaired) electrons. The van der Waals surface area contributed by atoms with Gasteiger partial charge in [0.1, 0.15) is 11.4 Å². The number of aromatic nitrogens is 1. The van der Waals surface area contributed by atoms with Crippen molar-refractivity contribution in [1.29, 1.82) is 0 Å². The number of piperidine rings is 1. The minimum atomic E-state index is -0.331. The summed E-state index contributed by atoms with van der Waals surface area (Å²) in [4.78, 5) is 28.1. The number of carbonyl (C=O) groups is 1. The van der Waals surface area contributed by atoms with E-state index in [1.165, 1.54) is 5.56 Å². The van der Waals surface area contributed by atoms with E-state index in [4.69, 9.17) is 4.74 Å². The maximum Gasteiger partial charge on any atom is 0.274 e. The standard InChI is InChI=1S/C28H31N3O3/c32-27(20-34-24-11-5-2-6-12-24)29-25-13-14-26-23-16-22(18-31(26)28(25)33)17-30(19-23)15-7-10-21-8-3-1-4-9-21/h1-6,8-9,11-14,22-23H,7,10,15-20H2,(H,29,32)/t22-,23-/m1/s1. The van der Waals surface area contributed by atoms with Crippen molar-refractivity contribution in [3.8, 4) is 5.75 Å². The number of ether oxygens (including phenoxy) is 1. The number of pyridine rings is 1. The molecule has 0 aliphatic carbocycles. The number of anilines is 1. The normalized spacial score (nSPS) is 19.3. The molecule has 6 heteroatoms. The molecule has 2 bridgehead atoms. The third-order valence-corrected chi connectivity index (χ3v) is 6.85. The van der Waals surface area contributed by atoms with E-state index in [1.54, 1.807) is 18.2 Å². The lowest BCUT2D eigenvalue weighted by atomic mass is 9.83. The number of hydrogen-bond acceptors (Lipinski definition) is 4. The zero-order valence-corrected chi connectivity index (χ0v) is 19.4. The molecule has 2 aliphatic rings. The van der Waals surface area contributed by atoms with Gasteiger partial charge in [-0.15, -0.1) is 0 Å². The number of amides is 1. The number of likely N-dealkylation sites (tertiary alicyclic amines) is 1. The fourth-order valence-corrected chi connectivity index (χ4v) is 5.33. The molecule has 1 amide bonds. The van der Waals surface area contributed by atoms with Crippen LogP contribution in [0.2, 0.25) is 0 Å². The highest BCUT2D eigenvalue weighted by atomic mass is 16.5. The number of nitrogens with one attached hydrogen (secondary N) is 1. The largest absolute Gasteiger partial charge is 0.484 e. The Labute approximate surface area is 200 Å². The molecule has 1 N–H and O–H groups in total.